The van der Waals surface area contributed by atoms with Crippen LogP contribution < -0.4 is 5.73 Å². The van der Waals surface area contributed by atoms with Gasteiger partial charge in [0.25, 0.3) is 0 Å². The molecule has 0 unspecified atom stereocenters. The molecule has 0 amide bonds. The Labute approximate surface area is 115 Å². The summed E-state index contributed by atoms with van der Waals surface area (Å²) in [5, 5.41) is 4.16. The molecule has 0 saturated heterocycles. The third-order valence-corrected chi connectivity index (χ3v) is 3.94. The molecule has 94 valence electrons. The van der Waals surface area contributed by atoms with Gasteiger partial charge in [0, 0.05) is 28.9 Å². The Bertz CT molecular complexity index is 534. The van der Waals surface area contributed by atoms with E-state index in [0.717, 1.165) is 24.3 Å². The molecular formula is C13H15N3S2. The van der Waals surface area contributed by atoms with Crippen LogP contribution in [0.25, 0.3) is 0 Å². The molecule has 0 atom stereocenters. The van der Waals surface area contributed by atoms with Gasteiger partial charge in [-0.25, -0.2) is 4.98 Å². The molecule has 2 N–H and O–H groups in total. The summed E-state index contributed by atoms with van der Waals surface area (Å²) < 4.78 is 0. The first-order valence-corrected chi connectivity index (χ1v) is 7.42. The van der Waals surface area contributed by atoms with E-state index >= 15 is 0 Å². The molecule has 18 heavy (non-hydrogen) atoms. The third-order valence-electron chi connectivity index (χ3n) is 2.40. The number of thiazole rings is 1. The lowest BCUT2D eigenvalue weighted by atomic mass is 10.2. The van der Waals surface area contributed by atoms with Crippen LogP contribution >= 0.6 is 22.7 Å². The summed E-state index contributed by atoms with van der Waals surface area (Å²) in [4.78, 5) is 7.82. The minimum absolute atomic E-state index is 0.407. The second-order valence-corrected chi connectivity index (χ2v) is 5.63. The van der Waals surface area contributed by atoms with Gasteiger partial charge in [-0.2, -0.15) is 0 Å². The van der Waals surface area contributed by atoms with Gasteiger partial charge in [0.2, 0.25) is 0 Å². The minimum Gasteiger partial charge on any atom is -0.320 e. The van der Waals surface area contributed by atoms with Crippen molar-refractivity contribution in [2.75, 3.05) is 13.6 Å². The summed E-state index contributed by atoms with van der Waals surface area (Å²) in [5.41, 5.74) is 9.48. The normalized spacial score (nSPS) is 10.4. The van der Waals surface area contributed by atoms with Gasteiger partial charge >= 0.3 is 0 Å². The number of nitrogens with two attached hydrogens (primary N) is 1. The number of nitrogens with zero attached hydrogens (tertiary/aromatic N) is 2. The summed E-state index contributed by atoms with van der Waals surface area (Å²) in [6, 6.07) is 2.05. The summed E-state index contributed by atoms with van der Waals surface area (Å²) in [6.45, 7) is 2.17. The maximum atomic E-state index is 5.40. The van der Waals surface area contributed by atoms with Crippen molar-refractivity contribution in [3.63, 3.8) is 0 Å². The molecule has 0 bridgehead atoms. The van der Waals surface area contributed by atoms with Gasteiger partial charge in [0.05, 0.1) is 17.7 Å². The number of hydrogen-bond acceptors (Lipinski definition) is 5. The van der Waals surface area contributed by atoms with Crippen LogP contribution in [-0.4, -0.2) is 23.5 Å². The Hall–Kier alpha value is -1.19. The van der Waals surface area contributed by atoms with E-state index in [1.807, 2.05) is 5.51 Å². The fourth-order valence-electron chi connectivity index (χ4n) is 1.61. The molecule has 2 rings (SSSR count). The zero-order valence-electron chi connectivity index (χ0n) is 10.2. The van der Waals surface area contributed by atoms with Crippen molar-refractivity contribution in [2.45, 2.75) is 13.1 Å². The maximum absolute atomic E-state index is 5.40. The zero-order valence-corrected chi connectivity index (χ0v) is 11.9. The molecule has 3 nitrogen and oxygen atoms in total. The van der Waals surface area contributed by atoms with Crippen molar-refractivity contribution in [2.24, 2.45) is 5.73 Å². The molecule has 0 radical (unpaired) electrons. The van der Waals surface area contributed by atoms with Crippen molar-refractivity contribution < 1.29 is 0 Å². The van der Waals surface area contributed by atoms with Crippen LogP contribution in [0.4, 0.5) is 0 Å². The summed E-state index contributed by atoms with van der Waals surface area (Å²) >= 11 is 3.37. The predicted molar refractivity (Wildman–Crippen MR) is 77.5 cm³/mol. The van der Waals surface area contributed by atoms with E-state index in [1.54, 1.807) is 22.7 Å². The van der Waals surface area contributed by atoms with Gasteiger partial charge in [-0.1, -0.05) is 11.8 Å². The zero-order chi connectivity index (χ0) is 12.8. The van der Waals surface area contributed by atoms with Crippen LogP contribution in [0.3, 0.4) is 0 Å². The number of hydrogen-bond donors (Lipinski definition) is 1. The first kappa shape index (κ1) is 13.2. The Balaban J connectivity index is 1.98. The lowest BCUT2D eigenvalue weighted by Crippen LogP contribution is -2.17. The number of rotatable bonds is 4. The number of thiophene rings is 1. The molecule has 2 heterocycles. The van der Waals surface area contributed by atoms with Crippen LogP contribution in [0.5, 0.6) is 0 Å². The standard InChI is InChI=1S/C13H15N3S2/c1-16(7-12-9-17-10-15-12)8-13-11(3-2-5-14)4-6-18-13/h4,6,9-10H,5,7-8,14H2,1H3. The third kappa shape index (κ3) is 3.65. The van der Waals surface area contributed by atoms with Gasteiger partial charge in [-0.15, -0.1) is 22.7 Å². The first-order chi connectivity index (χ1) is 8.79. The van der Waals surface area contributed by atoms with Gasteiger partial charge in [-0.3, -0.25) is 4.90 Å². The lowest BCUT2D eigenvalue weighted by molar-refractivity contribution is 0.318. The highest BCUT2D eigenvalue weighted by Gasteiger charge is 2.07. The van der Waals surface area contributed by atoms with E-state index < -0.39 is 0 Å². The molecule has 0 aliphatic heterocycles. The van der Waals surface area contributed by atoms with E-state index in [4.69, 9.17) is 5.73 Å². The summed E-state index contributed by atoms with van der Waals surface area (Å²) in [6.07, 6.45) is 0. The van der Waals surface area contributed by atoms with Crippen molar-refractivity contribution in [3.8, 4) is 11.8 Å². The highest BCUT2D eigenvalue weighted by atomic mass is 32.1. The van der Waals surface area contributed by atoms with Crippen molar-refractivity contribution in [1.82, 2.24) is 9.88 Å². The second kappa shape index (κ2) is 6.66. The number of aromatic nitrogens is 1. The van der Waals surface area contributed by atoms with Crippen molar-refractivity contribution >= 4 is 22.7 Å². The largest absolute Gasteiger partial charge is 0.320 e. The Morgan fingerprint density at radius 2 is 2.33 bits per heavy atom. The molecule has 0 aliphatic rings. The highest BCUT2D eigenvalue weighted by Crippen LogP contribution is 2.18. The molecular weight excluding hydrogens is 262 g/mol. The van der Waals surface area contributed by atoms with Crippen LogP contribution in [0.1, 0.15) is 16.1 Å². The fourth-order valence-corrected chi connectivity index (χ4v) is 3.07. The Kier molecular flexibility index (Phi) is 4.90. The van der Waals surface area contributed by atoms with Crippen LogP contribution in [0, 0.1) is 11.8 Å². The minimum atomic E-state index is 0.407. The summed E-state index contributed by atoms with van der Waals surface area (Å²) in [7, 11) is 2.10. The Morgan fingerprint density at radius 3 is 3.06 bits per heavy atom. The van der Waals surface area contributed by atoms with Gasteiger partial charge in [0.15, 0.2) is 0 Å². The second-order valence-electron chi connectivity index (χ2n) is 3.92. The fraction of sp³-hybridized carbons (Fsp3) is 0.308. The van der Waals surface area contributed by atoms with Crippen molar-refractivity contribution in [1.29, 1.82) is 0 Å². The predicted octanol–water partition coefficient (Wildman–Crippen LogP) is 2.15. The molecule has 0 aliphatic carbocycles. The molecule has 0 aromatic carbocycles. The molecule has 5 heteroatoms. The quantitative estimate of drug-likeness (QED) is 0.871. The smallest absolute Gasteiger partial charge is 0.0795 e. The summed E-state index contributed by atoms with van der Waals surface area (Å²) in [5.74, 6) is 6.02. The van der Waals surface area contributed by atoms with Gasteiger partial charge < -0.3 is 5.73 Å². The van der Waals surface area contributed by atoms with E-state index in [0.29, 0.717) is 6.54 Å². The average molecular weight is 277 g/mol. The van der Waals surface area contributed by atoms with E-state index in [2.05, 4.69) is 45.6 Å². The Morgan fingerprint density at radius 1 is 1.44 bits per heavy atom. The molecule has 2 aromatic rings. The van der Waals surface area contributed by atoms with E-state index in [1.165, 1.54) is 4.88 Å². The molecule has 0 fully saturated rings. The van der Waals surface area contributed by atoms with Crippen LogP contribution in [-0.2, 0) is 13.1 Å². The van der Waals surface area contributed by atoms with Crippen LogP contribution in [0.15, 0.2) is 22.3 Å². The maximum Gasteiger partial charge on any atom is 0.0795 e. The van der Waals surface area contributed by atoms with Crippen molar-refractivity contribution in [3.05, 3.63) is 38.5 Å². The average Bonchev–Trinajstić information content (AvgIpc) is 2.98. The molecule has 0 spiro atoms. The molecule has 2 aromatic heterocycles. The lowest BCUT2D eigenvalue weighted by Gasteiger charge is -2.14. The van der Waals surface area contributed by atoms with Gasteiger partial charge in [-0.05, 0) is 18.5 Å². The topological polar surface area (TPSA) is 42.2 Å². The molecule has 0 saturated carbocycles. The monoisotopic (exact) mass is 277 g/mol. The first-order valence-electron chi connectivity index (χ1n) is 5.60. The SMILES string of the molecule is CN(Cc1cscn1)Cc1sccc1C#CCN. The highest BCUT2D eigenvalue weighted by molar-refractivity contribution is 7.10. The van der Waals surface area contributed by atoms with E-state index in [-0.39, 0.29) is 0 Å². The van der Waals surface area contributed by atoms with Gasteiger partial charge in [0.1, 0.15) is 0 Å². The van der Waals surface area contributed by atoms with Crippen LogP contribution in [0.2, 0.25) is 0 Å². The van der Waals surface area contributed by atoms with E-state index in [9.17, 15) is 0 Å².